The Morgan fingerprint density at radius 1 is 1.24 bits per heavy atom. The van der Waals surface area contributed by atoms with Crippen LogP contribution in [0.3, 0.4) is 0 Å². The van der Waals surface area contributed by atoms with Crippen molar-refractivity contribution in [3.8, 4) is 0 Å². The Bertz CT molecular complexity index is 608. The number of amides is 1. The molecular formula is C14H19ClN2O3S. The van der Waals surface area contributed by atoms with Gasteiger partial charge in [-0.05, 0) is 37.1 Å². The summed E-state index contributed by atoms with van der Waals surface area (Å²) in [6, 6.07) is 6.09. The van der Waals surface area contributed by atoms with Gasteiger partial charge in [0.2, 0.25) is 15.9 Å². The van der Waals surface area contributed by atoms with E-state index >= 15 is 0 Å². The van der Waals surface area contributed by atoms with Crippen molar-refractivity contribution in [2.45, 2.75) is 43.0 Å². The molecule has 0 atom stereocenters. The van der Waals surface area contributed by atoms with Crippen LogP contribution >= 0.6 is 11.6 Å². The molecule has 0 spiro atoms. The van der Waals surface area contributed by atoms with Gasteiger partial charge in [0.1, 0.15) is 0 Å². The first-order valence-corrected chi connectivity index (χ1v) is 8.86. The monoisotopic (exact) mass is 330 g/mol. The molecule has 7 heteroatoms. The Balaban J connectivity index is 2.17. The molecule has 1 aromatic carbocycles. The van der Waals surface area contributed by atoms with Gasteiger partial charge in [0, 0.05) is 24.0 Å². The molecule has 0 aliphatic heterocycles. The predicted molar refractivity (Wildman–Crippen MR) is 83.0 cm³/mol. The zero-order valence-corrected chi connectivity index (χ0v) is 13.4. The lowest BCUT2D eigenvalue weighted by atomic mass is 10.0. The molecule has 1 aromatic rings. The van der Waals surface area contributed by atoms with Gasteiger partial charge in [0.05, 0.1) is 4.90 Å². The first-order valence-electron chi connectivity index (χ1n) is 6.84. The van der Waals surface area contributed by atoms with Gasteiger partial charge in [0.25, 0.3) is 0 Å². The molecule has 0 unspecified atom stereocenters. The van der Waals surface area contributed by atoms with E-state index in [1.54, 1.807) is 12.1 Å². The second kappa shape index (κ2) is 6.34. The molecule has 5 nitrogen and oxygen atoms in total. The van der Waals surface area contributed by atoms with Crippen LogP contribution in [0.4, 0.5) is 5.69 Å². The lowest BCUT2D eigenvalue weighted by molar-refractivity contribution is -0.114. The van der Waals surface area contributed by atoms with Crippen LogP contribution in [0.2, 0.25) is 0 Å². The predicted octanol–water partition coefficient (Wildman–Crippen LogP) is 2.47. The van der Waals surface area contributed by atoms with Crippen LogP contribution in [-0.4, -0.2) is 25.7 Å². The minimum Gasteiger partial charge on any atom is -0.326 e. The van der Waals surface area contributed by atoms with Crippen molar-refractivity contribution in [1.29, 1.82) is 0 Å². The third-order valence-electron chi connectivity index (χ3n) is 3.65. The fourth-order valence-electron chi connectivity index (χ4n) is 2.58. The Labute approximate surface area is 130 Å². The van der Waals surface area contributed by atoms with Gasteiger partial charge in [-0.2, -0.15) is 0 Å². The van der Waals surface area contributed by atoms with Crippen molar-refractivity contribution >= 4 is 33.2 Å². The molecular weight excluding hydrogens is 312 g/mol. The quantitative estimate of drug-likeness (QED) is 0.814. The Morgan fingerprint density at radius 3 is 2.29 bits per heavy atom. The summed E-state index contributed by atoms with van der Waals surface area (Å²) in [5.41, 5.74) is 0.0332. The fraction of sp³-hybridized carbons (Fsp3) is 0.500. The zero-order valence-electron chi connectivity index (χ0n) is 11.9. The van der Waals surface area contributed by atoms with Crippen molar-refractivity contribution in [3.05, 3.63) is 24.3 Å². The number of alkyl halides is 1. The summed E-state index contributed by atoms with van der Waals surface area (Å²) >= 11 is 5.97. The van der Waals surface area contributed by atoms with Crippen molar-refractivity contribution < 1.29 is 13.2 Å². The summed E-state index contributed by atoms with van der Waals surface area (Å²) in [4.78, 5) is 11.1. The van der Waals surface area contributed by atoms with Crippen LogP contribution < -0.4 is 10.0 Å². The number of nitrogens with one attached hydrogen (secondary N) is 2. The van der Waals surface area contributed by atoms with Crippen LogP contribution in [0.5, 0.6) is 0 Å². The molecule has 1 aliphatic rings. The largest absolute Gasteiger partial charge is 0.326 e. The molecule has 0 aromatic heterocycles. The first kappa shape index (κ1) is 16.3. The summed E-state index contributed by atoms with van der Waals surface area (Å²) in [6.07, 6.45) is 3.49. The molecule has 1 aliphatic carbocycles. The zero-order chi connectivity index (χ0) is 15.5. The van der Waals surface area contributed by atoms with E-state index in [0.717, 1.165) is 25.7 Å². The molecule has 0 bridgehead atoms. The minimum atomic E-state index is -3.61. The number of sulfonamides is 1. The van der Waals surface area contributed by atoms with E-state index in [9.17, 15) is 13.2 Å². The molecule has 1 fully saturated rings. The number of halogens is 1. The maximum absolute atomic E-state index is 12.4. The normalized spacial score (nSPS) is 17.6. The van der Waals surface area contributed by atoms with Crippen molar-refractivity contribution in [2.24, 2.45) is 0 Å². The highest BCUT2D eigenvalue weighted by molar-refractivity contribution is 7.89. The maximum atomic E-state index is 12.4. The standard InChI is InChI=1S/C14H19ClN2O3S/c1-11(18)16-12-4-6-13(7-5-12)21(19,20)17-14(10-15)8-2-3-9-14/h4-7,17H,2-3,8-10H2,1H3,(H,16,18). The van der Waals surface area contributed by atoms with Crippen molar-refractivity contribution in [1.82, 2.24) is 4.72 Å². The second-order valence-electron chi connectivity index (χ2n) is 5.43. The molecule has 21 heavy (non-hydrogen) atoms. The number of carbonyl (C=O) groups excluding carboxylic acids is 1. The lowest BCUT2D eigenvalue weighted by Gasteiger charge is -2.27. The number of hydrogen-bond donors (Lipinski definition) is 2. The molecule has 1 saturated carbocycles. The summed E-state index contributed by atoms with van der Waals surface area (Å²) in [5.74, 6) is 0.0757. The third-order valence-corrected chi connectivity index (χ3v) is 5.76. The topological polar surface area (TPSA) is 75.3 Å². The summed E-state index contributed by atoms with van der Waals surface area (Å²) in [5, 5.41) is 2.60. The molecule has 1 amide bonds. The fourth-order valence-corrected chi connectivity index (χ4v) is 4.45. The number of rotatable bonds is 5. The van der Waals surface area contributed by atoms with Gasteiger partial charge >= 0.3 is 0 Å². The van der Waals surface area contributed by atoms with Crippen molar-refractivity contribution in [3.63, 3.8) is 0 Å². The highest BCUT2D eigenvalue weighted by Crippen LogP contribution is 2.32. The van der Waals surface area contributed by atoms with Gasteiger partial charge in [-0.25, -0.2) is 13.1 Å². The highest BCUT2D eigenvalue weighted by Gasteiger charge is 2.37. The Kier molecular flexibility index (Phi) is 4.91. The van der Waals surface area contributed by atoms with E-state index in [0.29, 0.717) is 5.69 Å². The van der Waals surface area contributed by atoms with Gasteiger partial charge < -0.3 is 5.32 Å². The SMILES string of the molecule is CC(=O)Nc1ccc(S(=O)(=O)NC2(CCl)CCCC2)cc1. The summed E-state index contributed by atoms with van der Waals surface area (Å²) in [6.45, 7) is 1.40. The summed E-state index contributed by atoms with van der Waals surface area (Å²) in [7, 11) is -3.61. The maximum Gasteiger partial charge on any atom is 0.241 e. The Morgan fingerprint density at radius 2 is 1.81 bits per heavy atom. The van der Waals surface area contributed by atoms with E-state index in [2.05, 4.69) is 10.0 Å². The number of anilines is 1. The highest BCUT2D eigenvalue weighted by atomic mass is 35.5. The molecule has 2 N–H and O–H groups in total. The van der Waals surface area contributed by atoms with E-state index in [1.807, 2.05) is 0 Å². The molecule has 2 rings (SSSR count). The average molecular weight is 331 g/mol. The average Bonchev–Trinajstić information content (AvgIpc) is 2.87. The molecule has 0 saturated heterocycles. The third kappa shape index (κ3) is 3.96. The Hall–Kier alpha value is -1.11. The number of benzene rings is 1. The number of carbonyl (C=O) groups is 1. The summed E-state index contributed by atoms with van der Waals surface area (Å²) < 4.78 is 27.6. The first-order chi connectivity index (χ1) is 9.87. The van der Waals surface area contributed by atoms with Crippen LogP contribution in [0.25, 0.3) is 0 Å². The van der Waals surface area contributed by atoms with Crippen LogP contribution in [0, 0.1) is 0 Å². The van der Waals surface area contributed by atoms with E-state index in [4.69, 9.17) is 11.6 Å². The number of hydrogen-bond acceptors (Lipinski definition) is 3. The molecule has 116 valence electrons. The molecule has 0 radical (unpaired) electrons. The van der Waals surface area contributed by atoms with Crippen LogP contribution in [0.15, 0.2) is 29.2 Å². The smallest absolute Gasteiger partial charge is 0.241 e. The molecule has 0 heterocycles. The van der Waals surface area contributed by atoms with E-state index in [1.165, 1.54) is 19.1 Å². The van der Waals surface area contributed by atoms with Gasteiger partial charge in [-0.15, -0.1) is 11.6 Å². The van der Waals surface area contributed by atoms with Crippen LogP contribution in [0.1, 0.15) is 32.6 Å². The van der Waals surface area contributed by atoms with Gasteiger partial charge in [-0.3, -0.25) is 4.79 Å². The minimum absolute atomic E-state index is 0.174. The van der Waals surface area contributed by atoms with E-state index < -0.39 is 15.6 Å². The van der Waals surface area contributed by atoms with Crippen molar-refractivity contribution in [2.75, 3.05) is 11.2 Å². The van der Waals surface area contributed by atoms with Gasteiger partial charge in [0.15, 0.2) is 0 Å². The lowest BCUT2D eigenvalue weighted by Crippen LogP contribution is -2.47. The van der Waals surface area contributed by atoms with Crippen LogP contribution in [-0.2, 0) is 14.8 Å². The van der Waals surface area contributed by atoms with E-state index in [-0.39, 0.29) is 16.7 Å². The van der Waals surface area contributed by atoms with Gasteiger partial charge in [-0.1, -0.05) is 12.8 Å². The second-order valence-corrected chi connectivity index (χ2v) is 7.38.